The van der Waals surface area contributed by atoms with Gasteiger partial charge in [0.2, 0.25) is 0 Å². The van der Waals surface area contributed by atoms with Crippen molar-refractivity contribution in [2.24, 2.45) is 5.92 Å². The van der Waals surface area contributed by atoms with E-state index in [2.05, 4.69) is 60.7 Å². The van der Waals surface area contributed by atoms with E-state index in [0.717, 1.165) is 38.9 Å². The molecule has 2 unspecified atom stereocenters. The first-order valence-electron chi connectivity index (χ1n) is 13.1. The molecule has 5 nitrogen and oxygen atoms in total. The highest BCUT2D eigenvalue weighted by atomic mass is 16.6. The summed E-state index contributed by atoms with van der Waals surface area (Å²) in [5, 5.41) is 9.87. The van der Waals surface area contributed by atoms with Crippen LogP contribution in [0.5, 0.6) is 0 Å². The van der Waals surface area contributed by atoms with Gasteiger partial charge in [0.1, 0.15) is 12.6 Å². The minimum atomic E-state index is -0.986. The van der Waals surface area contributed by atoms with Crippen LogP contribution in [0.2, 0.25) is 0 Å². The Morgan fingerprint density at radius 2 is 1.34 bits per heavy atom. The Balaban J connectivity index is 1.13. The monoisotopic (exact) mass is 503 g/mol. The van der Waals surface area contributed by atoms with Crippen LogP contribution >= 0.6 is 0 Å². The maximum absolute atomic E-state index is 13.2. The maximum atomic E-state index is 13.2. The van der Waals surface area contributed by atoms with Crippen LogP contribution in [0.4, 0.5) is 4.79 Å². The van der Waals surface area contributed by atoms with Crippen molar-refractivity contribution < 1.29 is 19.4 Å². The van der Waals surface area contributed by atoms with E-state index in [4.69, 9.17) is 4.74 Å². The number of hydrogen-bond donors (Lipinski definition) is 1. The second-order valence-corrected chi connectivity index (χ2v) is 10.2. The lowest BCUT2D eigenvalue weighted by atomic mass is 9.95. The summed E-state index contributed by atoms with van der Waals surface area (Å²) >= 11 is 0. The molecule has 5 heteroatoms. The van der Waals surface area contributed by atoms with Crippen LogP contribution in [0.15, 0.2) is 103 Å². The lowest BCUT2D eigenvalue weighted by Gasteiger charge is -2.22. The number of likely N-dealkylation sites (tertiary alicyclic amines) is 1. The molecule has 1 amide bonds. The number of aliphatic carboxylic acids is 1. The molecule has 1 N–H and O–H groups in total. The van der Waals surface area contributed by atoms with Crippen molar-refractivity contribution in [2.75, 3.05) is 13.2 Å². The zero-order chi connectivity index (χ0) is 26.1. The van der Waals surface area contributed by atoms with Crippen LogP contribution in [-0.2, 0) is 16.0 Å². The molecule has 1 saturated heterocycles. The van der Waals surface area contributed by atoms with E-state index < -0.39 is 18.1 Å². The highest BCUT2D eigenvalue weighted by Gasteiger charge is 2.41. The molecule has 1 aliphatic heterocycles. The lowest BCUT2D eigenvalue weighted by molar-refractivity contribution is -0.141. The summed E-state index contributed by atoms with van der Waals surface area (Å²) in [7, 11) is 0. The van der Waals surface area contributed by atoms with Crippen molar-refractivity contribution in [3.05, 3.63) is 120 Å². The van der Waals surface area contributed by atoms with Gasteiger partial charge in [0.25, 0.3) is 0 Å². The van der Waals surface area contributed by atoms with E-state index in [1.807, 2.05) is 42.5 Å². The van der Waals surface area contributed by atoms with E-state index in [0.29, 0.717) is 19.4 Å². The second-order valence-electron chi connectivity index (χ2n) is 10.2. The van der Waals surface area contributed by atoms with E-state index >= 15 is 0 Å². The number of hydrogen-bond acceptors (Lipinski definition) is 3. The largest absolute Gasteiger partial charge is 0.480 e. The summed E-state index contributed by atoms with van der Waals surface area (Å²) in [5.74, 6) is -0.990. The Morgan fingerprint density at radius 3 is 1.97 bits per heavy atom. The number of carbonyl (C=O) groups is 2. The summed E-state index contributed by atoms with van der Waals surface area (Å²) in [5.41, 5.74) is 8.02. The molecule has 0 saturated carbocycles. The average Bonchev–Trinajstić information content (AvgIpc) is 3.52. The molecule has 2 atom stereocenters. The number of benzene rings is 4. The molecular weight excluding hydrogens is 474 g/mol. The van der Waals surface area contributed by atoms with E-state index in [1.54, 1.807) is 0 Å². The predicted molar refractivity (Wildman–Crippen MR) is 147 cm³/mol. The summed E-state index contributed by atoms with van der Waals surface area (Å²) < 4.78 is 5.79. The quantitative estimate of drug-likeness (QED) is 0.321. The maximum Gasteiger partial charge on any atom is 0.410 e. The van der Waals surface area contributed by atoms with Gasteiger partial charge in [-0.1, -0.05) is 103 Å². The van der Waals surface area contributed by atoms with Gasteiger partial charge in [-0.15, -0.1) is 0 Å². The molecule has 0 radical (unpaired) electrons. The fourth-order valence-corrected chi connectivity index (χ4v) is 5.98. The van der Waals surface area contributed by atoms with Crippen LogP contribution in [0.1, 0.15) is 29.0 Å². The molecule has 1 aliphatic carbocycles. The first kappa shape index (κ1) is 24.0. The molecule has 0 bridgehead atoms. The number of fused-ring (bicyclic) bond motifs is 3. The van der Waals surface area contributed by atoms with Gasteiger partial charge < -0.3 is 9.84 Å². The molecule has 190 valence electrons. The number of carboxylic acid groups (broad SMARTS) is 1. The Kier molecular flexibility index (Phi) is 6.42. The van der Waals surface area contributed by atoms with Crippen LogP contribution in [-0.4, -0.2) is 41.3 Å². The molecule has 1 fully saturated rings. The highest BCUT2D eigenvalue weighted by molar-refractivity contribution is 5.81. The third-order valence-corrected chi connectivity index (χ3v) is 7.83. The molecule has 0 aromatic heterocycles. The van der Waals surface area contributed by atoms with E-state index in [9.17, 15) is 14.7 Å². The first-order valence-corrected chi connectivity index (χ1v) is 13.1. The van der Waals surface area contributed by atoms with Crippen molar-refractivity contribution in [1.29, 1.82) is 0 Å². The van der Waals surface area contributed by atoms with Gasteiger partial charge in [0, 0.05) is 12.5 Å². The van der Waals surface area contributed by atoms with Gasteiger partial charge in [-0.25, -0.2) is 9.59 Å². The standard InChI is InChI=1S/C33H29NO4/c35-32(36)31-19-23(18-22-14-16-25(17-15-22)24-8-2-1-3-9-24)20-34(31)33(37)38-21-30-28-12-6-4-10-26(28)27-11-5-7-13-29(27)30/h1-17,23,30-31H,18-21H2,(H,35,36). The van der Waals surface area contributed by atoms with Gasteiger partial charge in [0.15, 0.2) is 0 Å². The molecule has 4 aromatic carbocycles. The van der Waals surface area contributed by atoms with Crippen molar-refractivity contribution in [2.45, 2.75) is 24.8 Å². The van der Waals surface area contributed by atoms with Crippen molar-refractivity contribution in [3.8, 4) is 22.3 Å². The van der Waals surface area contributed by atoms with Crippen LogP contribution in [0, 0.1) is 5.92 Å². The molecule has 6 rings (SSSR count). The molecule has 4 aromatic rings. The normalized spacial score (nSPS) is 18.2. The van der Waals surface area contributed by atoms with Gasteiger partial charge >= 0.3 is 12.1 Å². The van der Waals surface area contributed by atoms with Crippen LogP contribution in [0.25, 0.3) is 22.3 Å². The average molecular weight is 504 g/mol. The van der Waals surface area contributed by atoms with Crippen LogP contribution < -0.4 is 0 Å². The van der Waals surface area contributed by atoms with Gasteiger partial charge in [0.05, 0.1) is 0 Å². The van der Waals surface area contributed by atoms with Crippen molar-refractivity contribution >= 4 is 12.1 Å². The number of amides is 1. The second kappa shape index (κ2) is 10.2. The topological polar surface area (TPSA) is 66.8 Å². The number of carboxylic acids is 1. The minimum Gasteiger partial charge on any atom is -0.480 e. The SMILES string of the molecule is O=C(O)C1CC(Cc2ccc(-c3ccccc3)cc2)CN1C(=O)OCC1c2ccccc2-c2ccccc21. The molecule has 0 spiro atoms. The summed E-state index contributed by atoms with van der Waals surface area (Å²) in [4.78, 5) is 26.6. The predicted octanol–water partition coefficient (Wildman–Crippen LogP) is 6.62. The Bertz CT molecular complexity index is 1420. The third-order valence-electron chi connectivity index (χ3n) is 7.83. The first-order chi connectivity index (χ1) is 18.6. The number of carbonyl (C=O) groups excluding carboxylic acids is 1. The zero-order valence-corrected chi connectivity index (χ0v) is 21.0. The number of rotatable bonds is 6. The summed E-state index contributed by atoms with van der Waals surface area (Å²) in [6, 6.07) is 34.0. The Labute approximate surface area is 222 Å². The fourth-order valence-electron chi connectivity index (χ4n) is 5.98. The number of nitrogens with zero attached hydrogens (tertiary/aromatic N) is 1. The molecular formula is C33H29NO4. The minimum absolute atomic E-state index is 0.0548. The zero-order valence-electron chi connectivity index (χ0n) is 21.0. The van der Waals surface area contributed by atoms with Crippen molar-refractivity contribution in [3.63, 3.8) is 0 Å². The van der Waals surface area contributed by atoms with E-state index in [1.165, 1.54) is 4.90 Å². The lowest BCUT2D eigenvalue weighted by Crippen LogP contribution is -2.41. The van der Waals surface area contributed by atoms with Crippen LogP contribution in [0.3, 0.4) is 0 Å². The molecule has 2 aliphatic rings. The highest BCUT2D eigenvalue weighted by Crippen LogP contribution is 2.44. The molecule has 1 heterocycles. The smallest absolute Gasteiger partial charge is 0.410 e. The Morgan fingerprint density at radius 1 is 0.763 bits per heavy atom. The summed E-state index contributed by atoms with van der Waals surface area (Å²) in [6.45, 7) is 0.551. The van der Waals surface area contributed by atoms with Gasteiger partial charge in [-0.05, 0) is 57.7 Å². The fraction of sp³-hybridized carbons (Fsp3) is 0.212. The van der Waals surface area contributed by atoms with E-state index in [-0.39, 0.29) is 18.4 Å². The van der Waals surface area contributed by atoms with Gasteiger partial charge in [-0.2, -0.15) is 0 Å². The van der Waals surface area contributed by atoms with Gasteiger partial charge in [-0.3, -0.25) is 4.90 Å². The third kappa shape index (κ3) is 4.56. The molecule has 38 heavy (non-hydrogen) atoms. The number of ether oxygens (including phenoxy) is 1. The Hall–Kier alpha value is -4.38. The van der Waals surface area contributed by atoms with Crippen molar-refractivity contribution in [1.82, 2.24) is 4.90 Å². The summed E-state index contributed by atoms with van der Waals surface area (Å²) in [6.07, 6.45) is 0.576.